The van der Waals surface area contributed by atoms with Crippen molar-refractivity contribution in [1.82, 2.24) is 26.2 Å². The Balaban J connectivity index is 1.25. The van der Waals surface area contributed by atoms with Crippen molar-refractivity contribution < 1.29 is 18.5 Å². The number of amides is 2. The summed E-state index contributed by atoms with van der Waals surface area (Å²) in [6.07, 6.45) is 2.12. The maximum Gasteiger partial charge on any atom is 0.290 e. The number of likely N-dealkylation sites (tertiary alicyclic amines) is 1. The molecule has 172 valence electrons. The first-order chi connectivity index (χ1) is 15.4. The zero-order valence-corrected chi connectivity index (χ0v) is 18.4. The molecule has 2 amide bonds. The van der Waals surface area contributed by atoms with Crippen LogP contribution in [-0.4, -0.2) is 47.0 Å². The first kappa shape index (κ1) is 22.4. The van der Waals surface area contributed by atoms with Crippen LogP contribution in [-0.2, 0) is 11.3 Å². The average Bonchev–Trinajstić information content (AvgIpc) is 3.41. The van der Waals surface area contributed by atoms with Crippen LogP contribution in [0.5, 0.6) is 0 Å². The number of nitrogens with zero attached hydrogens (tertiary/aromatic N) is 2. The lowest BCUT2D eigenvalue weighted by Gasteiger charge is -2.32. The summed E-state index contributed by atoms with van der Waals surface area (Å²) in [6, 6.07) is 8.18. The summed E-state index contributed by atoms with van der Waals surface area (Å²) in [6.45, 7) is 5.83. The summed E-state index contributed by atoms with van der Waals surface area (Å²) in [5.74, 6) is 0.122. The number of hydrazine groups is 1. The smallest absolute Gasteiger partial charge is 0.290 e. The number of piperidine rings is 1. The van der Waals surface area contributed by atoms with E-state index in [2.05, 4.69) is 35.2 Å². The van der Waals surface area contributed by atoms with Gasteiger partial charge in [0.15, 0.2) is 0 Å². The third-order valence-corrected chi connectivity index (χ3v) is 6.62. The monoisotopic (exact) mass is 443 g/mol. The number of carbonyl (C=O) groups excluding carboxylic acids is 2. The molecule has 3 N–H and O–H groups in total. The van der Waals surface area contributed by atoms with E-state index in [1.54, 1.807) is 18.2 Å². The molecule has 0 spiro atoms. The van der Waals surface area contributed by atoms with E-state index in [9.17, 15) is 14.0 Å². The van der Waals surface area contributed by atoms with Gasteiger partial charge in [-0.15, -0.1) is 0 Å². The van der Waals surface area contributed by atoms with Gasteiger partial charge in [-0.25, -0.2) is 4.39 Å². The van der Waals surface area contributed by atoms with E-state index in [-0.39, 0.29) is 53.9 Å². The quantitative estimate of drug-likeness (QED) is 0.634. The van der Waals surface area contributed by atoms with Gasteiger partial charge in [0.2, 0.25) is 11.7 Å². The fourth-order valence-electron chi connectivity index (χ4n) is 4.48. The topological polar surface area (TPSA) is 99.5 Å². The van der Waals surface area contributed by atoms with Crippen LogP contribution in [0.25, 0.3) is 0 Å². The molecule has 2 unspecified atom stereocenters. The number of benzene rings is 1. The van der Waals surface area contributed by atoms with Crippen LogP contribution in [0, 0.1) is 11.7 Å². The van der Waals surface area contributed by atoms with Crippen LogP contribution >= 0.6 is 0 Å². The molecule has 9 heteroatoms. The molecule has 3 heterocycles. The molecule has 0 radical (unpaired) electrons. The molecule has 2 atom stereocenters. The van der Waals surface area contributed by atoms with Crippen LogP contribution in [0.4, 0.5) is 4.39 Å². The Bertz CT molecular complexity index is 929. The van der Waals surface area contributed by atoms with Gasteiger partial charge in [0, 0.05) is 56.0 Å². The SMILES string of the molecule is CC1NNC(C)C1CC(=O)N1CCC(c2cc(C(=O)NCc3ccc(F)cc3)on2)CC1. The van der Waals surface area contributed by atoms with Crippen LogP contribution in [0.2, 0.25) is 0 Å². The fourth-order valence-corrected chi connectivity index (χ4v) is 4.48. The zero-order valence-electron chi connectivity index (χ0n) is 18.4. The van der Waals surface area contributed by atoms with Crippen molar-refractivity contribution in [3.05, 3.63) is 53.2 Å². The summed E-state index contributed by atoms with van der Waals surface area (Å²) in [5, 5.41) is 6.85. The summed E-state index contributed by atoms with van der Waals surface area (Å²) in [5.41, 5.74) is 7.94. The molecule has 1 aromatic carbocycles. The molecule has 0 aliphatic carbocycles. The van der Waals surface area contributed by atoms with E-state index in [1.165, 1.54) is 12.1 Å². The van der Waals surface area contributed by atoms with Gasteiger partial charge in [0.1, 0.15) is 5.82 Å². The van der Waals surface area contributed by atoms with Crippen molar-refractivity contribution >= 4 is 11.8 Å². The molecule has 2 aliphatic rings. The molecule has 2 fully saturated rings. The lowest BCUT2D eigenvalue weighted by Crippen LogP contribution is -2.40. The molecule has 1 aromatic heterocycles. The fraction of sp³-hybridized carbons (Fsp3) is 0.522. The third kappa shape index (κ3) is 5.16. The molecular formula is C23H30FN5O3. The minimum absolute atomic E-state index is 0.157. The average molecular weight is 444 g/mol. The first-order valence-electron chi connectivity index (χ1n) is 11.2. The maximum absolute atomic E-state index is 13.0. The van der Waals surface area contributed by atoms with Crippen molar-refractivity contribution in [3.63, 3.8) is 0 Å². The van der Waals surface area contributed by atoms with Crippen molar-refractivity contribution in [2.75, 3.05) is 13.1 Å². The Morgan fingerprint density at radius 2 is 1.81 bits per heavy atom. The number of aromatic nitrogens is 1. The Labute approximate surface area is 186 Å². The predicted molar refractivity (Wildman–Crippen MR) is 116 cm³/mol. The zero-order chi connectivity index (χ0) is 22.7. The van der Waals surface area contributed by atoms with Gasteiger partial charge in [-0.1, -0.05) is 17.3 Å². The summed E-state index contributed by atoms with van der Waals surface area (Å²) in [4.78, 5) is 27.0. The number of hydrogen-bond acceptors (Lipinski definition) is 6. The van der Waals surface area contributed by atoms with Gasteiger partial charge >= 0.3 is 0 Å². The highest BCUT2D eigenvalue weighted by atomic mass is 19.1. The first-order valence-corrected chi connectivity index (χ1v) is 11.2. The molecule has 2 aromatic rings. The van der Waals surface area contributed by atoms with E-state index in [1.807, 2.05) is 4.90 Å². The lowest BCUT2D eigenvalue weighted by molar-refractivity contribution is -0.133. The molecule has 4 rings (SSSR count). The molecular weight excluding hydrogens is 413 g/mol. The van der Waals surface area contributed by atoms with Crippen molar-refractivity contribution in [3.8, 4) is 0 Å². The van der Waals surface area contributed by atoms with Gasteiger partial charge < -0.3 is 14.7 Å². The van der Waals surface area contributed by atoms with Crippen molar-refractivity contribution in [2.24, 2.45) is 5.92 Å². The lowest BCUT2D eigenvalue weighted by atomic mass is 9.90. The van der Waals surface area contributed by atoms with E-state index >= 15 is 0 Å². The minimum Gasteiger partial charge on any atom is -0.351 e. The maximum atomic E-state index is 13.0. The van der Waals surface area contributed by atoms with Gasteiger partial charge in [0.05, 0.1) is 5.69 Å². The Hall–Kier alpha value is -2.78. The summed E-state index contributed by atoms with van der Waals surface area (Å²) >= 11 is 0. The molecule has 32 heavy (non-hydrogen) atoms. The van der Waals surface area contributed by atoms with Crippen LogP contribution < -0.4 is 16.2 Å². The van der Waals surface area contributed by atoms with E-state index in [4.69, 9.17) is 4.52 Å². The highest BCUT2D eigenvalue weighted by Crippen LogP contribution is 2.29. The Morgan fingerprint density at radius 1 is 1.16 bits per heavy atom. The van der Waals surface area contributed by atoms with Crippen LogP contribution in [0.15, 0.2) is 34.9 Å². The van der Waals surface area contributed by atoms with Crippen LogP contribution in [0.1, 0.15) is 60.8 Å². The number of rotatable bonds is 6. The van der Waals surface area contributed by atoms with Gasteiger partial charge in [-0.05, 0) is 44.4 Å². The number of halogens is 1. The second kappa shape index (κ2) is 9.79. The van der Waals surface area contributed by atoms with E-state index in [0.29, 0.717) is 19.5 Å². The summed E-state index contributed by atoms with van der Waals surface area (Å²) < 4.78 is 18.2. The Morgan fingerprint density at radius 3 is 2.47 bits per heavy atom. The van der Waals surface area contributed by atoms with Crippen molar-refractivity contribution in [1.29, 1.82) is 0 Å². The number of hydrogen-bond donors (Lipinski definition) is 3. The predicted octanol–water partition coefficient (Wildman–Crippen LogP) is 2.34. The molecule has 0 saturated carbocycles. The molecule has 0 bridgehead atoms. The normalized spacial score (nSPS) is 24.0. The van der Waals surface area contributed by atoms with Gasteiger partial charge in [0.25, 0.3) is 5.91 Å². The minimum atomic E-state index is -0.359. The highest BCUT2D eigenvalue weighted by molar-refractivity contribution is 5.91. The second-order valence-electron chi connectivity index (χ2n) is 8.81. The molecule has 2 saturated heterocycles. The number of carbonyl (C=O) groups is 2. The standard InChI is InChI=1S/C23H30FN5O3/c1-14-19(15(2)27-26-14)11-22(30)29-9-7-17(8-10-29)20-12-21(32-28-20)23(31)25-13-16-3-5-18(24)6-4-16/h3-6,12,14-15,17,19,26-27H,7-11,13H2,1-2H3,(H,25,31). The van der Waals surface area contributed by atoms with E-state index in [0.717, 1.165) is 24.1 Å². The number of nitrogens with one attached hydrogen (secondary N) is 3. The largest absolute Gasteiger partial charge is 0.351 e. The third-order valence-electron chi connectivity index (χ3n) is 6.62. The van der Waals surface area contributed by atoms with E-state index < -0.39 is 0 Å². The van der Waals surface area contributed by atoms with Crippen molar-refractivity contribution in [2.45, 2.75) is 57.7 Å². The second-order valence-corrected chi connectivity index (χ2v) is 8.81. The molecule has 8 nitrogen and oxygen atoms in total. The van der Waals surface area contributed by atoms with Crippen LogP contribution in [0.3, 0.4) is 0 Å². The molecule has 2 aliphatic heterocycles. The van der Waals surface area contributed by atoms with Gasteiger partial charge in [-0.2, -0.15) is 0 Å². The van der Waals surface area contributed by atoms with Gasteiger partial charge in [-0.3, -0.25) is 20.4 Å². The highest BCUT2D eigenvalue weighted by Gasteiger charge is 2.34. The Kier molecular flexibility index (Phi) is 6.86. The summed E-state index contributed by atoms with van der Waals surface area (Å²) in [7, 11) is 0.